The Bertz CT molecular complexity index is 814. The van der Waals surface area contributed by atoms with E-state index < -0.39 is 0 Å². The van der Waals surface area contributed by atoms with Crippen molar-refractivity contribution in [1.29, 1.82) is 0 Å². The Labute approximate surface area is 182 Å². The number of nitrogens with zero attached hydrogens (tertiary/aromatic N) is 6. The number of aryl methyl sites for hydroxylation is 1. The number of nitrogens with one attached hydrogen (secondary N) is 2. The van der Waals surface area contributed by atoms with E-state index in [4.69, 9.17) is 0 Å². The Hall–Kier alpha value is -2.43. The van der Waals surface area contributed by atoms with Gasteiger partial charge in [-0.1, -0.05) is 24.3 Å². The summed E-state index contributed by atoms with van der Waals surface area (Å²) >= 11 is 0. The van der Waals surface area contributed by atoms with Crippen LogP contribution in [0.5, 0.6) is 0 Å². The zero-order chi connectivity index (χ0) is 18.7. The lowest BCUT2D eigenvalue weighted by molar-refractivity contribution is 0.597. The zero-order valence-electron chi connectivity index (χ0n) is 16.0. The predicted octanol–water partition coefficient (Wildman–Crippen LogP) is 2.29. The summed E-state index contributed by atoms with van der Waals surface area (Å²) in [5.41, 5.74) is 2.49. The molecular weight excluding hydrogens is 467 g/mol. The molecule has 0 atom stereocenters. The lowest BCUT2D eigenvalue weighted by Gasteiger charge is -2.14. The number of rotatable bonds is 9. The Morgan fingerprint density at radius 1 is 1.04 bits per heavy atom. The first-order chi connectivity index (χ1) is 13.3. The minimum Gasteiger partial charge on any atom is -0.356 e. The maximum Gasteiger partial charge on any atom is 0.191 e. The van der Waals surface area contributed by atoms with Gasteiger partial charge in [0.15, 0.2) is 5.96 Å². The van der Waals surface area contributed by atoms with E-state index in [1.165, 1.54) is 11.1 Å². The van der Waals surface area contributed by atoms with Crippen molar-refractivity contribution in [2.45, 2.75) is 32.5 Å². The molecule has 2 heterocycles. The van der Waals surface area contributed by atoms with Crippen molar-refractivity contribution in [1.82, 2.24) is 35.2 Å². The van der Waals surface area contributed by atoms with Gasteiger partial charge in [-0.2, -0.15) is 5.10 Å². The average molecular weight is 494 g/mol. The van der Waals surface area contributed by atoms with Crippen LogP contribution >= 0.6 is 24.0 Å². The van der Waals surface area contributed by atoms with Crippen LogP contribution in [0.1, 0.15) is 24.0 Å². The van der Waals surface area contributed by atoms with E-state index in [0.717, 1.165) is 45.0 Å². The summed E-state index contributed by atoms with van der Waals surface area (Å²) < 4.78 is 3.92. The van der Waals surface area contributed by atoms with E-state index in [1.54, 1.807) is 25.9 Å². The number of unbranched alkanes of at least 4 members (excludes halogenated alkanes) is 1. The van der Waals surface area contributed by atoms with Gasteiger partial charge >= 0.3 is 0 Å². The van der Waals surface area contributed by atoms with Gasteiger partial charge in [-0.05, 0) is 30.0 Å². The minimum atomic E-state index is 0. The third-order valence-corrected chi connectivity index (χ3v) is 4.28. The molecule has 0 aliphatic rings. The van der Waals surface area contributed by atoms with Crippen molar-refractivity contribution in [2.75, 3.05) is 13.6 Å². The van der Waals surface area contributed by atoms with Gasteiger partial charge in [-0.15, -0.1) is 34.2 Å². The van der Waals surface area contributed by atoms with E-state index in [0.29, 0.717) is 0 Å². The van der Waals surface area contributed by atoms with E-state index >= 15 is 0 Å². The molecule has 0 saturated heterocycles. The molecule has 1 aromatic carbocycles. The predicted molar refractivity (Wildman–Crippen MR) is 121 cm³/mol. The van der Waals surface area contributed by atoms with Crippen LogP contribution in [0.25, 0.3) is 0 Å². The molecule has 9 heteroatoms. The van der Waals surface area contributed by atoms with Gasteiger partial charge in [-0.25, -0.2) is 0 Å². The lowest BCUT2D eigenvalue weighted by atomic mass is 10.1. The highest BCUT2D eigenvalue weighted by atomic mass is 127. The molecule has 28 heavy (non-hydrogen) atoms. The summed E-state index contributed by atoms with van der Waals surface area (Å²) in [4.78, 5) is 4.31. The van der Waals surface area contributed by atoms with Crippen molar-refractivity contribution in [3.8, 4) is 0 Å². The molecule has 0 saturated carbocycles. The van der Waals surface area contributed by atoms with Gasteiger partial charge < -0.3 is 15.2 Å². The standard InChI is InChI=1S/C19H26N8.HI/c1-20-19(21-9-4-5-11-26-15-23-24-16-26)22-13-17-7-2-3-8-18(17)14-27-12-6-10-25-27;/h2-3,6-8,10,12,15-16H,4-5,9,11,13-14H2,1H3,(H2,20,21,22);1H. The Balaban J connectivity index is 0.00000280. The smallest absolute Gasteiger partial charge is 0.191 e. The largest absolute Gasteiger partial charge is 0.356 e. The van der Waals surface area contributed by atoms with Gasteiger partial charge in [0.05, 0.1) is 6.54 Å². The average Bonchev–Trinajstić information content (AvgIpc) is 3.39. The fourth-order valence-corrected chi connectivity index (χ4v) is 2.82. The second-order valence-electron chi connectivity index (χ2n) is 6.23. The van der Waals surface area contributed by atoms with Crippen LogP contribution in [-0.4, -0.2) is 44.1 Å². The van der Waals surface area contributed by atoms with Crippen LogP contribution < -0.4 is 10.6 Å². The molecule has 2 aromatic heterocycles. The summed E-state index contributed by atoms with van der Waals surface area (Å²) in [5, 5.41) is 18.7. The Morgan fingerprint density at radius 2 is 1.82 bits per heavy atom. The highest BCUT2D eigenvalue weighted by Crippen LogP contribution is 2.10. The molecule has 0 aliphatic heterocycles. The van der Waals surface area contributed by atoms with Crippen LogP contribution in [0.4, 0.5) is 0 Å². The first-order valence-corrected chi connectivity index (χ1v) is 9.16. The van der Waals surface area contributed by atoms with Crippen molar-refractivity contribution in [3.63, 3.8) is 0 Å². The first-order valence-electron chi connectivity index (χ1n) is 9.16. The van der Waals surface area contributed by atoms with Crippen molar-refractivity contribution >= 4 is 29.9 Å². The normalized spacial score (nSPS) is 11.1. The molecule has 0 radical (unpaired) electrons. The number of hydrogen-bond donors (Lipinski definition) is 2. The number of aromatic nitrogens is 5. The molecule has 3 rings (SSSR count). The molecule has 3 aromatic rings. The van der Waals surface area contributed by atoms with Gasteiger partial charge in [0.25, 0.3) is 0 Å². The second-order valence-corrected chi connectivity index (χ2v) is 6.23. The summed E-state index contributed by atoms with van der Waals surface area (Å²) in [7, 11) is 1.79. The number of benzene rings is 1. The van der Waals surface area contributed by atoms with Gasteiger partial charge in [-0.3, -0.25) is 9.67 Å². The summed E-state index contributed by atoms with van der Waals surface area (Å²) in [6.07, 6.45) is 9.38. The van der Waals surface area contributed by atoms with Gasteiger partial charge in [0.1, 0.15) is 12.7 Å². The monoisotopic (exact) mass is 494 g/mol. The Morgan fingerprint density at radius 3 is 2.54 bits per heavy atom. The Kier molecular flexibility index (Phi) is 9.46. The first kappa shape index (κ1) is 21.9. The minimum absolute atomic E-state index is 0. The molecular formula is C19H27IN8. The molecule has 8 nitrogen and oxygen atoms in total. The number of aliphatic imine (C=N–C) groups is 1. The molecule has 0 aliphatic carbocycles. The number of hydrogen-bond acceptors (Lipinski definition) is 4. The molecule has 0 spiro atoms. The van der Waals surface area contributed by atoms with Crippen LogP contribution in [0.3, 0.4) is 0 Å². The fourth-order valence-electron chi connectivity index (χ4n) is 2.82. The van der Waals surface area contributed by atoms with Crippen LogP contribution in [-0.2, 0) is 19.6 Å². The molecule has 0 bridgehead atoms. The highest BCUT2D eigenvalue weighted by molar-refractivity contribution is 14.0. The maximum absolute atomic E-state index is 4.31. The van der Waals surface area contributed by atoms with Crippen molar-refractivity contribution in [3.05, 3.63) is 66.5 Å². The van der Waals surface area contributed by atoms with Gasteiger partial charge in [0.2, 0.25) is 0 Å². The van der Waals surface area contributed by atoms with E-state index in [1.807, 2.05) is 21.5 Å². The van der Waals surface area contributed by atoms with Crippen LogP contribution in [0, 0.1) is 0 Å². The lowest BCUT2D eigenvalue weighted by Crippen LogP contribution is -2.37. The highest BCUT2D eigenvalue weighted by Gasteiger charge is 2.04. The van der Waals surface area contributed by atoms with Gasteiger partial charge in [0, 0.05) is 39.1 Å². The fraction of sp³-hybridized carbons (Fsp3) is 0.368. The molecule has 0 unspecified atom stereocenters. The van der Waals surface area contributed by atoms with Crippen LogP contribution in [0.2, 0.25) is 0 Å². The zero-order valence-corrected chi connectivity index (χ0v) is 18.4. The van der Waals surface area contributed by atoms with E-state index in [2.05, 4.69) is 55.2 Å². The SMILES string of the molecule is CN=C(NCCCCn1cnnc1)NCc1ccccc1Cn1cccn1.I. The third kappa shape index (κ3) is 6.95. The van der Waals surface area contributed by atoms with E-state index in [9.17, 15) is 0 Å². The molecule has 0 amide bonds. The summed E-state index contributed by atoms with van der Waals surface area (Å²) in [5.74, 6) is 0.813. The number of guanidine groups is 1. The molecule has 150 valence electrons. The quantitative estimate of drug-likeness (QED) is 0.207. The van der Waals surface area contributed by atoms with Crippen molar-refractivity contribution < 1.29 is 0 Å². The summed E-state index contributed by atoms with van der Waals surface area (Å²) in [6.45, 7) is 3.29. The number of halogens is 1. The summed E-state index contributed by atoms with van der Waals surface area (Å²) in [6, 6.07) is 10.3. The topological polar surface area (TPSA) is 85.0 Å². The van der Waals surface area contributed by atoms with E-state index in [-0.39, 0.29) is 24.0 Å². The van der Waals surface area contributed by atoms with Crippen molar-refractivity contribution in [2.24, 2.45) is 4.99 Å². The second kappa shape index (κ2) is 12.1. The molecule has 0 fully saturated rings. The van der Waals surface area contributed by atoms with Crippen LogP contribution in [0.15, 0.2) is 60.4 Å². The maximum atomic E-state index is 4.31. The third-order valence-electron chi connectivity index (χ3n) is 4.28. The molecule has 2 N–H and O–H groups in total.